The van der Waals surface area contributed by atoms with E-state index in [0.29, 0.717) is 10.0 Å². The summed E-state index contributed by atoms with van der Waals surface area (Å²) in [5, 5.41) is 4.66. The van der Waals surface area contributed by atoms with E-state index < -0.39 is 0 Å². The van der Waals surface area contributed by atoms with Crippen LogP contribution in [0.2, 0.25) is 10.0 Å². The number of piperidine rings is 1. The Morgan fingerprint density at radius 2 is 2.18 bits per heavy atom. The van der Waals surface area contributed by atoms with Crippen LogP contribution in [0.3, 0.4) is 0 Å². The standard InChI is InChI=1S/C14H17Cl2N/c15-13-7-6-11(9-14(13)16)3-1-4-12-5-2-8-17-10-12/h1,3,6-7,9,12,17H,2,4-5,8,10H2. The minimum atomic E-state index is 0.611. The molecule has 0 spiro atoms. The van der Waals surface area contributed by atoms with Crippen molar-refractivity contribution in [2.45, 2.75) is 19.3 Å². The van der Waals surface area contributed by atoms with Crippen molar-refractivity contribution in [2.24, 2.45) is 5.92 Å². The highest BCUT2D eigenvalue weighted by atomic mass is 35.5. The second kappa shape index (κ2) is 6.44. The van der Waals surface area contributed by atoms with Crippen LogP contribution in [0, 0.1) is 5.92 Å². The van der Waals surface area contributed by atoms with Crippen LogP contribution in [0.25, 0.3) is 6.08 Å². The molecule has 1 aliphatic rings. The predicted octanol–water partition coefficient (Wildman–Crippen LogP) is 4.40. The molecule has 0 amide bonds. The molecule has 0 bridgehead atoms. The second-order valence-corrected chi connectivity index (χ2v) is 5.34. The summed E-state index contributed by atoms with van der Waals surface area (Å²) < 4.78 is 0. The Bertz CT molecular complexity index is 395. The van der Waals surface area contributed by atoms with Crippen molar-refractivity contribution in [1.29, 1.82) is 0 Å². The minimum Gasteiger partial charge on any atom is -0.316 e. The van der Waals surface area contributed by atoms with E-state index in [1.807, 2.05) is 18.2 Å². The van der Waals surface area contributed by atoms with Gasteiger partial charge in [-0.2, -0.15) is 0 Å². The molecule has 1 heterocycles. The lowest BCUT2D eigenvalue weighted by molar-refractivity contribution is 0.381. The third-order valence-corrected chi connectivity index (χ3v) is 3.86. The number of rotatable bonds is 3. The SMILES string of the molecule is Clc1ccc(C=CCC2CCCNC2)cc1Cl. The Hall–Kier alpha value is -0.500. The van der Waals surface area contributed by atoms with E-state index in [-0.39, 0.29) is 0 Å². The lowest BCUT2D eigenvalue weighted by Crippen LogP contribution is -2.29. The highest BCUT2D eigenvalue weighted by Crippen LogP contribution is 2.23. The van der Waals surface area contributed by atoms with Gasteiger partial charge in [-0.1, -0.05) is 41.4 Å². The topological polar surface area (TPSA) is 12.0 Å². The molecule has 1 aliphatic heterocycles. The first-order chi connectivity index (χ1) is 8.25. The van der Waals surface area contributed by atoms with Crippen molar-refractivity contribution in [2.75, 3.05) is 13.1 Å². The fourth-order valence-electron chi connectivity index (χ4n) is 2.14. The van der Waals surface area contributed by atoms with Crippen LogP contribution in [0.1, 0.15) is 24.8 Å². The van der Waals surface area contributed by atoms with Crippen molar-refractivity contribution in [1.82, 2.24) is 5.32 Å². The van der Waals surface area contributed by atoms with Gasteiger partial charge in [0.05, 0.1) is 10.0 Å². The van der Waals surface area contributed by atoms with Gasteiger partial charge in [-0.05, 0) is 56.0 Å². The smallest absolute Gasteiger partial charge is 0.0598 e. The Morgan fingerprint density at radius 3 is 2.88 bits per heavy atom. The van der Waals surface area contributed by atoms with E-state index in [9.17, 15) is 0 Å². The predicted molar refractivity (Wildman–Crippen MR) is 75.7 cm³/mol. The molecule has 1 aromatic rings. The van der Waals surface area contributed by atoms with Crippen LogP contribution < -0.4 is 5.32 Å². The average molecular weight is 270 g/mol. The van der Waals surface area contributed by atoms with Crippen molar-refractivity contribution in [3.63, 3.8) is 0 Å². The quantitative estimate of drug-likeness (QED) is 0.858. The molecule has 1 aromatic carbocycles. The first kappa shape index (κ1) is 12.9. The van der Waals surface area contributed by atoms with Gasteiger partial charge in [0.1, 0.15) is 0 Å². The summed E-state index contributed by atoms with van der Waals surface area (Å²) in [4.78, 5) is 0. The maximum atomic E-state index is 5.97. The molecule has 2 rings (SSSR count). The number of hydrogen-bond donors (Lipinski definition) is 1. The summed E-state index contributed by atoms with van der Waals surface area (Å²) in [5.74, 6) is 0.780. The molecule has 1 N–H and O–H groups in total. The van der Waals surface area contributed by atoms with E-state index in [1.54, 1.807) is 0 Å². The number of halogens is 2. The van der Waals surface area contributed by atoms with Crippen LogP contribution in [-0.4, -0.2) is 13.1 Å². The summed E-state index contributed by atoms with van der Waals surface area (Å²) in [6, 6.07) is 5.73. The maximum absolute atomic E-state index is 5.97. The van der Waals surface area contributed by atoms with Gasteiger partial charge in [0.2, 0.25) is 0 Å². The third kappa shape index (κ3) is 4.02. The molecule has 0 radical (unpaired) electrons. The number of benzene rings is 1. The van der Waals surface area contributed by atoms with Crippen molar-refractivity contribution < 1.29 is 0 Å². The largest absolute Gasteiger partial charge is 0.316 e. The van der Waals surface area contributed by atoms with Crippen LogP contribution in [0.4, 0.5) is 0 Å². The molecular formula is C14H17Cl2N. The van der Waals surface area contributed by atoms with Gasteiger partial charge in [0.15, 0.2) is 0 Å². The van der Waals surface area contributed by atoms with Crippen LogP contribution in [0.5, 0.6) is 0 Å². The van der Waals surface area contributed by atoms with E-state index in [0.717, 1.165) is 24.4 Å². The molecule has 1 fully saturated rings. The summed E-state index contributed by atoms with van der Waals surface area (Å²) >= 11 is 11.8. The van der Waals surface area contributed by atoms with Crippen molar-refractivity contribution in [3.8, 4) is 0 Å². The zero-order valence-electron chi connectivity index (χ0n) is 9.76. The lowest BCUT2D eigenvalue weighted by atomic mass is 9.96. The van der Waals surface area contributed by atoms with Gasteiger partial charge in [-0.3, -0.25) is 0 Å². The zero-order chi connectivity index (χ0) is 12.1. The molecule has 92 valence electrons. The Labute approximate surface area is 113 Å². The fraction of sp³-hybridized carbons (Fsp3) is 0.429. The van der Waals surface area contributed by atoms with Gasteiger partial charge in [-0.15, -0.1) is 0 Å². The first-order valence-corrected chi connectivity index (χ1v) is 6.83. The van der Waals surface area contributed by atoms with Crippen LogP contribution >= 0.6 is 23.2 Å². The highest BCUT2D eigenvalue weighted by molar-refractivity contribution is 6.42. The lowest BCUT2D eigenvalue weighted by Gasteiger charge is -2.21. The zero-order valence-corrected chi connectivity index (χ0v) is 11.3. The monoisotopic (exact) mass is 269 g/mol. The third-order valence-electron chi connectivity index (χ3n) is 3.12. The molecule has 3 heteroatoms. The second-order valence-electron chi connectivity index (χ2n) is 4.52. The molecule has 1 nitrogen and oxygen atoms in total. The van der Waals surface area contributed by atoms with Gasteiger partial charge < -0.3 is 5.32 Å². The van der Waals surface area contributed by atoms with E-state index in [1.165, 1.54) is 19.4 Å². The summed E-state index contributed by atoms with van der Waals surface area (Å²) in [6.07, 6.45) is 8.12. The molecule has 1 atom stereocenters. The Balaban J connectivity index is 1.88. The Morgan fingerprint density at radius 1 is 1.29 bits per heavy atom. The Kier molecular flexibility index (Phi) is 4.90. The fourth-order valence-corrected chi connectivity index (χ4v) is 2.44. The molecular weight excluding hydrogens is 253 g/mol. The highest BCUT2D eigenvalue weighted by Gasteiger charge is 2.10. The summed E-state index contributed by atoms with van der Waals surface area (Å²) in [5.41, 5.74) is 1.11. The number of allylic oxidation sites excluding steroid dienone is 1. The average Bonchev–Trinajstić information content (AvgIpc) is 2.35. The van der Waals surface area contributed by atoms with Gasteiger partial charge in [0, 0.05) is 0 Å². The molecule has 0 aliphatic carbocycles. The first-order valence-electron chi connectivity index (χ1n) is 6.08. The van der Waals surface area contributed by atoms with Crippen LogP contribution in [0.15, 0.2) is 24.3 Å². The maximum Gasteiger partial charge on any atom is 0.0598 e. The van der Waals surface area contributed by atoms with Gasteiger partial charge in [-0.25, -0.2) is 0 Å². The molecule has 1 unspecified atom stereocenters. The van der Waals surface area contributed by atoms with Crippen LogP contribution in [-0.2, 0) is 0 Å². The van der Waals surface area contributed by atoms with E-state index in [2.05, 4.69) is 17.5 Å². The summed E-state index contributed by atoms with van der Waals surface area (Å²) in [6.45, 7) is 2.32. The van der Waals surface area contributed by atoms with Gasteiger partial charge in [0.25, 0.3) is 0 Å². The van der Waals surface area contributed by atoms with E-state index >= 15 is 0 Å². The summed E-state index contributed by atoms with van der Waals surface area (Å²) in [7, 11) is 0. The minimum absolute atomic E-state index is 0.611. The molecule has 0 aromatic heterocycles. The molecule has 17 heavy (non-hydrogen) atoms. The normalized spacial score (nSPS) is 20.9. The van der Waals surface area contributed by atoms with Crippen molar-refractivity contribution >= 4 is 29.3 Å². The molecule has 1 saturated heterocycles. The van der Waals surface area contributed by atoms with E-state index in [4.69, 9.17) is 23.2 Å². The number of hydrogen-bond acceptors (Lipinski definition) is 1. The number of nitrogens with one attached hydrogen (secondary N) is 1. The van der Waals surface area contributed by atoms with Crippen molar-refractivity contribution in [3.05, 3.63) is 39.9 Å². The molecule has 0 saturated carbocycles. The van der Waals surface area contributed by atoms with Gasteiger partial charge >= 0.3 is 0 Å².